The third-order valence-electron chi connectivity index (χ3n) is 6.42. The number of likely N-dealkylation sites (tertiary alicyclic amines) is 1. The van der Waals surface area contributed by atoms with Gasteiger partial charge in [0.25, 0.3) is 0 Å². The van der Waals surface area contributed by atoms with Crippen molar-refractivity contribution in [1.29, 1.82) is 0 Å². The van der Waals surface area contributed by atoms with Gasteiger partial charge in [-0.1, -0.05) is 50.2 Å². The molecule has 0 bridgehead atoms. The molecular formula is C26H32N4O4S. The van der Waals surface area contributed by atoms with Gasteiger partial charge in [-0.05, 0) is 36.6 Å². The van der Waals surface area contributed by atoms with E-state index < -0.39 is 16.1 Å². The second-order valence-electron chi connectivity index (χ2n) is 9.31. The average molecular weight is 497 g/mol. The fraction of sp³-hybridized carbons (Fsp3) is 0.385. The summed E-state index contributed by atoms with van der Waals surface area (Å²) < 4.78 is 28.1. The first kappa shape index (κ1) is 24.9. The highest BCUT2D eigenvalue weighted by Crippen LogP contribution is 2.21. The van der Waals surface area contributed by atoms with Gasteiger partial charge in [0, 0.05) is 48.6 Å². The highest BCUT2D eigenvalue weighted by molar-refractivity contribution is 7.89. The number of benzene rings is 2. The summed E-state index contributed by atoms with van der Waals surface area (Å²) in [6, 6.07) is 15.2. The number of aromatic nitrogens is 1. The molecule has 8 nitrogen and oxygen atoms in total. The molecule has 0 saturated carbocycles. The van der Waals surface area contributed by atoms with Crippen LogP contribution in [0.25, 0.3) is 10.9 Å². The third-order valence-corrected chi connectivity index (χ3v) is 7.96. The third kappa shape index (κ3) is 5.91. The van der Waals surface area contributed by atoms with Crippen LogP contribution in [0.15, 0.2) is 65.7 Å². The predicted molar refractivity (Wildman–Crippen MR) is 135 cm³/mol. The van der Waals surface area contributed by atoms with E-state index in [1.54, 1.807) is 49.1 Å². The second-order valence-corrected chi connectivity index (χ2v) is 11.0. The van der Waals surface area contributed by atoms with Crippen molar-refractivity contribution in [1.82, 2.24) is 19.9 Å². The lowest BCUT2D eigenvalue weighted by Crippen LogP contribution is -2.54. The summed E-state index contributed by atoms with van der Waals surface area (Å²) in [5.74, 6) is -0.561. The van der Waals surface area contributed by atoms with E-state index >= 15 is 0 Å². The summed E-state index contributed by atoms with van der Waals surface area (Å²) in [7, 11) is -3.61. The average Bonchev–Trinajstić information content (AvgIpc) is 3.26. The summed E-state index contributed by atoms with van der Waals surface area (Å²) in [4.78, 5) is 31.2. The lowest BCUT2D eigenvalue weighted by Gasteiger charge is -2.34. The lowest BCUT2D eigenvalue weighted by atomic mass is 10.0. The number of para-hydroxylation sites is 1. The zero-order valence-electron chi connectivity index (χ0n) is 20.0. The molecule has 3 aromatic rings. The predicted octanol–water partition coefficient (Wildman–Crippen LogP) is 2.82. The number of rotatable bonds is 8. The maximum atomic E-state index is 13.5. The number of sulfonamides is 1. The molecule has 1 atom stereocenters. The Balaban J connectivity index is 1.43. The van der Waals surface area contributed by atoms with E-state index in [4.69, 9.17) is 0 Å². The topological polar surface area (TPSA) is 111 Å². The second kappa shape index (κ2) is 10.6. The summed E-state index contributed by atoms with van der Waals surface area (Å²) in [6.07, 6.45) is 3.28. The van der Waals surface area contributed by atoms with Crippen molar-refractivity contribution in [2.24, 2.45) is 5.92 Å². The molecule has 35 heavy (non-hydrogen) atoms. The molecule has 9 heteroatoms. The van der Waals surface area contributed by atoms with Gasteiger partial charge in [0.2, 0.25) is 21.8 Å². The van der Waals surface area contributed by atoms with E-state index in [2.05, 4.69) is 15.0 Å². The molecular weight excluding hydrogens is 464 g/mol. The molecule has 1 saturated heterocycles. The molecule has 3 N–H and O–H groups in total. The number of piperidine rings is 1. The molecule has 2 amide bonds. The van der Waals surface area contributed by atoms with Crippen LogP contribution in [0, 0.1) is 5.92 Å². The molecule has 1 aliphatic heterocycles. The normalized spacial score (nSPS) is 15.9. The Morgan fingerprint density at radius 1 is 1.03 bits per heavy atom. The number of carbonyl (C=O) groups excluding carboxylic acids is 2. The Morgan fingerprint density at radius 3 is 2.37 bits per heavy atom. The van der Waals surface area contributed by atoms with Crippen molar-refractivity contribution in [3.63, 3.8) is 0 Å². The molecule has 4 rings (SSSR count). The number of fused-ring (bicyclic) bond motifs is 1. The molecule has 186 valence electrons. The van der Waals surface area contributed by atoms with Crippen LogP contribution in [-0.4, -0.2) is 55.3 Å². The fourth-order valence-corrected chi connectivity index (χ4v) is 5.71. The van der Waals surface area contributed by atoms with E-state index in [0.717, 1.165) is 16.5 Å². The highest BCUT2D eigenvalue weighted by Gasteiger charge is 2.32. The molecule has 0 radical (unpaired) electrons. The maximum Gasteiger partial charge on any atom is 0.245 e. The van der Waals surface area contributed by atoms with E-state index in [1.165, 1.54) is 0 Å². The van der Waals surface area contributed by atoms with Crippen LogP contribution in [0.3, 0.4) is 0 Å². The van der Waals surface area contributed by atoms with Crippen LogP contribution in [0.1, 0.15) is 32.3 Å². The number of aromatic amines is 1. The van der Waals surface area contributed by atoms with Crippen molar-refractivity contribution in [2.45, 2.75) is 50.1 Å². The standard InChI is InChI=1S/C26H32N4O4S/c1-18(2)25(31)28-24(16-19-17-27-23-11-7-6-10-22(19)23)26(32)30-14-12-20(13-15-30)29-35(33,34)21-8-4-3-5-9-21/h3-11,17-18,20,24,27,29H,12-16H2,1-2H3,(H,28,31). The maximum absolute atomic E-state index is 13.5. The smallest absolute Gasteiger partial charge is 0.245 e. The Labute approximate surface area is 206 Å². The van der Waals surface area contributed by atoms with Gasteiger partial charge in [0.05, 0.1) is 4.90 Å². The fourth-order valence-electron chi connectivity index (χ4n) is 4.38. The molecule has 1 aromatic heterocycles. The zero-order chi connectivity index (χ0) is 25.0. The van der Waals surface area contributed by atoms with Crippen LogP contribution in [0.5, 0.6) is 0 Å². The zero-order valence-corrected chi connectivity index (χ0v) is 20.8. The van der Waals surface area contributed by atoms with Crippen molar-refractivity contribution in [2.75, 3.05) is 13.1 Å². The van der Waals surface area contributed by atoms with Crippen LogP contribution in [0.4, 0.5) is 0 Å². The van der Waals surface area contributed by atoms with Gasteiger partial charge in [0.15, 0.2) is 0 Å². The Kier molecular flexibility index (Phi) is 7.57. The first-order valence-electron chi connectivity index (χ1n) is 12.0. The van der Waals surface area contributed by atoms with Crippen LogP contribution >= 0.6 is 0 Å². The van der Waals surface area contributed by atoms with Crippen molar-refractivity contribution in [3.8, 4) is 0 Å². The summed E-state index contributed by atoms with van der Waals surface area (Å²) in [5.41, 5.74) is 1.95. The number of hydrogen-bond donors (Lipinski definition) is 3. The quantitative estimate of drug-likeness (QED) is 0.445. The molecule has 0 aliphatic carbocycles. The van der Waals surface area contributed by atoms with E-state index in [1.807, 2.05) is 30.5 Å². The number of amides is 2. The summed E-state index contributed by atoms with van der Waals surface area (Å²) in [5, 5.41) is 3.96. The van der Waals surface area contributed by atoms with Crippen molar-refractivity contribution < 1.29 is 18.0 Å². The summed E-state index contributed by atoms with van der Waals surface area (Å²) in [6.45, 7) is 4.44. The van der Waals surface area contributed by atoms with Gasteiger partial charge < -0.3 is 15.2 Å². The van der Waals surface area contributed by atoms with Gasteiger partial charge in [-0.2, -0.15) is 0 Å². The number of hydrogen-bond acceptors (Lipinski definition) is 4. The van der Waals surface area contributed by atoms with Crippen LogP contribution in [-0.2, 0) is 26.0 Å². The highest BCUT2D eigenvalue weighted by atomic mass is 32.2. The number of carbonyl (C=O) groups is 2. The monoisotopic (exact) mass is 496 g/mol. The molecule has 2 heterocycles. The number of H-pyrrole nitrogens is 1. The van der Waals surface area contributed by atoms with Crippen LogP contribution in [0.2, 0.25) is 0 Å². The van der Waals surface area contributed by atoms with E-state index in [9.17, 15) is 18.0 Å². The van der Waals surface area contributed by atoms with Gasteiger partial charge in [-0.3, -0.25) is 9.59 Å². The molecule has 2 aromatic carbocycles. The Bertz CT molecular complexity index is 1280. The Hall–Kier alpha value is -3.17. The minimum absolute atomic E-state index is 0.145. The Morgan fingerprint density at radius 2 is 1.69 bits per heavy atom. The molecule has 1 unspecified atom stereocenters. The van der Waals surface area contributed by atoms with Crippen molar-refractivity contribution >= 4 is 32.7 Å². The minimum Gasteiger partial charge on any atom is -0.361 e. The first-order valence-corrected chi connectivity index (χ1v) is 13.4. The SMILES string of the molecule is CC(C)C(=O)NC(Cc1c[nH]c2ccccc12)C(=O)N1CCC(NS(=O)(=O)c2ccccc2)CC1. The van der Waals surface area contributed by atoms with Gasteiger partial charge in [-0.15, -0.1) is 0 Å². The van der Waals surface area contributed by atoms with Crippen molar-refractivity contribution in [3.05, 3.63) is 66.4 Å². The van der Waals surface area contributed by atoms with E-state index in [0.29, 0.717) is 32.4 Å². The first-order chi connectivity index (χ1) is 16.7. The number of nitrogens with one attached hydrogen (secondary N) is 3. The van der Waals surface area contributed by atoms with Gasteiger partial charge in [0.1, 0.15) is 6.04 Å². The molecule has 1 aliphatic rings. The molecule has 1 fully saturated rings. The van der Waals surface area contributed by atoms with Gasteiger partial charge >= 0.3 is 0 Å². The number of nitrogens with zero attached hydrogens (tertiary/aromatic N) is 1. The largest absolute Gasteiger partial charge is 0.361 e. The minimum atomic E-state index is -3.61. The van der Waals surface area contributed by atoms with Crippen LogP contribution < -0.4 is 10.0 Å². The van der Waals surface area contributed by atoms with Gasteiger partial charge in [-0.25, -0.2) is 13.1 Å². The lowest BCUT2D eigenvalue weighted by molar-refractivity contribution is -0.138. The molecule has 0 spiro atoms. The summed E-state index contributed by atoms with van der Waals surface area (Å²) >= 11 is 0. The van der Waals surface area contributed by atoms with E-state index in [-0.39, 0.29) is 28.7 Å².